The van der Waals surface area contributed by atoms with Gasteiger partial charge in [0.2, 0.25) is 0 Å². The van der Waals surface area contributed by atoms with Crippen molar-refractivity contribution in [1.82, 2.24) is 15.0 Å². The highest BCUT2D eigenvalue weighted by Gasteiger charge is 2.17. The maximum absolute atomic E-state index is 12.4. The van der Waals surface area contributed by atoms with Crippen molar-refractivity contribution in [3.05, 3.63) is 58.1 Å². The molecule has 0 radical (unpaired) electrons. The van der Waals surface area contributed by atoms with Crippen LogP contribution in [0, 0.1) is 0 Å². The minimum absolute atomic E-state index is 0.216. The Bertz CT molecular complexity index is 782. The summed E-state index contributed by atoms with van der Waals surface area (Å²) >= 11 is 11.9. The molecule has 0 aliphatic rings. The average Bonchev–Trinajstić information content (AvgIpc) is 2.85. The Morgan fingerprint density at radius 1 is 1.05 bits per heavy atom. The van der Waals surface area contributed by atoms with E-state index in [1.54, 1.807) is 30.3 Å². The highest BCUT2D eigenvalue weighted by atomic mass is 35.5. The Morgan fingerprint density at radius 3 is 2.68 bits per heavy atom. The van der Waals surface area contributed by atoms with Gasteiger partial charge in [0.05, 0.1) is 21.1 Å². The standard InChI is InChI=1S/C13H7Cl2N3O/c14-9-5-3-4-8(12(9)15)13(19)18-11-7-2-1-6-10(11)16-17-18/h1-7H. The molecule has 3 rings (SSSR count). The SMILES string of the molecule is O=C(c1cccc(Cl)c1Cl)n1nnc2ccccc21. The lowest BCUT2D eigenvalue weighted by Gasteiger charge is -2.04. The number of benzene rings is 2. The summed E-state index contributed by atoms with van der Waals surface area (Å²) in [6, 6.07) is 12.1. The van der Waals surface area contributed by atoms with Crippen LogP contribution in [0.2, 0.25) is 10.0 Å². The van der Waals surface area contributed by atoms with Crippen LogP contribution in [0.4, 0.5) is 0 Å². The Kier molecular flexibility index (Phi) is 2.97. The molecule has 0 aliphatic heterocycles. The molecule has 0 N–H and O–H groups in total. The predicted molar refractivity (Wildman–Crippen MR) is 73.7 cm³/mol. The summed E-state index contributed by atoms with van der Waals surface area (Å²) in [5, 5.41) is 8.34. The quantitative estimate of drug-likeness (QED) is 0.690. The third-order valence-corrected chi connectivity index (χ3v) is 3.55. The number of hydrogen-bond acceptors (Lipinski definition) is 3. The number of fused-ring (bicyclic) bond motifs is 1. The van der Waals surface area contributed by atoms with Crippen LogP contribution in [0.15, 0.2) is 42.5 Å². The second kappa shape index (κ2) is 4.64. The predicted octanol–water partition coefficient (Wildman–Crippen LogP) is 3.43. The fraction of sp³-hybridized carbons (Fsp3) is 0. The van der Waals surface area contributed by atoms with Gasteiger partial charge in [-0.1, -0.05) is 46.6 Å². The first kappa shape index (κ1) is 12.1. The Balaban J connectivity index is 2.17. The number of hydrogen-bond donors (Lipinski definition) is 0. The normalized spacial score (nSPS) is 10.8. The van der Waals surface area contributed by atoms with E-state index in [9.17, 15) is 4.79 Å². The summed E-state index contributed by atoms with van der Waals surface area (Å²) in [7, 11) is 0. The molecular formula is C13H7Cl2N3O. The van der Waals surface area contributed by atoms with Crippen molar-refractivity contribution in [3.8, 4) is 0 Å². The van der Waals surface area contributed by atoms with Crippen LogP contribution < -0.4 is 0 Å². The average molecular weight is 292 g/mol. The van der Waals surface area contributed by atoms with Gasteiger partial charge in [-0.3, -0.25) is 4.79 Å². The van der Waals surface area contributed by atoms with E-state index in [2.05, 4.69) is 10.3 Å². The number of halogens is 2. The highest BCUT2D eigenvalue weighted by Crippen LogP contribution is 2.26. The zero-order valence-electron chi connectivity index (χ0n) is 9.55. The van der Waals surface area contributed by atoms with Crippen molar-refractivity contribution >= 4 is 40.1 Å². The minimum atomic E-state index is -0.360. The maximum Gasteiger partial charge on any atom is 0.281 e. The summed E-state index contributed by atoms with van der Waals surface area (Å²) in [4.78, 5) is 12.4. The van der Waals surface area contributed by atoms with E-state index in [4.69, 9.17) is 23.2 Å². The number of rotatable bonds is 1. The van der Waals surface area contributed by atoms with Gasteiger partial charge in [0.15, 0.2) is 0 Å². The number of nitrogens with zero attached hydrogens (tertiary/aromatic N) is 3. The van der Waals surface area contributed by atoms with Crippen LogP contribution in [0.3, 0.4) is 0 Å². The van der Waals surface area contributed by atoms with E-state index in [-0.39, 0.29) is 10.9 Å². The molecule has 0 amide bonds. The molecule has 2 aromatic carbocycles. The van der Waals surface area contributed by atoms with Gasteiger partial charge >= 0.3 is 0 Å². The Morgan fingerprint density at radius 2 is 1.84 bits per heavy atom. The number of carbonyl (C=O) groups is 1. The van der Waals surface area contributed by atoms with Crippen molar-refractivity contribution < 1.29 is 4.79 Å². The molecular weight excluding hydrogens is 285 g/mol. The lowest BCUT2D eigenvalue weighted by molar-refractivity contribution is 0.0948. The zero-order valence-corrected chi connectivity index (χ0v) is 11.1. The van der Waals surface area contributed by atoms with E-state index >= 15 is 0 Å². The summed E-state index contributed by atoms with van der Waals surface area (Å²) in [5.74, 6) is -0.360. The topological polar surface area (TPSA) is 47.8 Å². The highest BCUT2D eigenvalue weighted by molar-refractivity contribution is 6.43. The van der Waals surface area contributed by atoms with Crippen LogP contribution in [0.1, 0.15) is 10.4 Å². The van der Waals surface area contributed by atoms with Gasteiger partial charge in [-0.05, 0) is 24.3 Å². The molecule has 4 nitrogen and oxygen atoms in total. The van der Waals surface area contributed by atoms with Crippen LogP contribution >= 0.6 is 23.2 Å². The van der Waals surface area contributed by atoms with Crippen LogP contribution in [-0.4, -0.2) is 20.9 Å². The molecule has 0 saturated carbocycles. The van der Waals surface area contributed by atoms with Gasteiger partial charge < -0.3 is 0 Å². The smallest absolute Gasteiger partial charge is 0.267 e. The van der Waals surface area contributed by atoms with Gasteiger partial charge in [-0.2, -0.15) is 4.68 Å². The lowest BCUT2D eigenvalue weighted by atomic mass is 10.2. The molecule has 94 valence electrons. The molecule has 0 unspecified atom stereocenters. The zero-order chi connectivity index (χ0) is 13.4. The lowest BCUT2D eigenvalue weighted by Crippen LogP contribution is -2.14. The first-order chi connectivity index (χ1) is 9.18. The van der Waals surface area contributed by atoms with Crippen molar-refractivity contribution in [1.29, 1.82) is 0 Å². The number of carbonyl (C=O) groups excluding carboxylic acids is 1. The summed E-state index contributed by atoms with van der Waals surface area (Å²) in [6.07, 6.45) is 0. The van der Waals surface area contributed by atoms with E-state index in [0.29, 0.717) is 21.6 Å². The second-order valence-electron chi connectivity index (χ2n) is 3.90. The molecule has 0 bridgehead atoms. The van der Waals surface area contributed by atoms with Crippen molar-refractivity contribution in [2.24, 2.45) is 0 Å². The first-order valence-electron chi connectivity index (χ1n) is 5.47. The fourth-order valence-electron chi connectivity index (χ4n) is 1.80. The Hall–Kier alpha value is -1.91. The third-order valence-electron chi connectivity index (χ3n) is 2.73. The van der Waals surface area contributed by atoms with Gasteiger partial charge in [0.25, 0.3) is 5.91 Å². The van der Waals surface area contributed by atoms with E-state index < -0.39 is 0 Å². The summed E-state index contributed by atoms with van der Waals surface area (Å²) < 4.78 is 1.22. The first-order valence-corrected chi connectivity index (χ1v) is 6.23. The molecule has 19 heavy (non-hydrogen) atoms. The van der Waals surface area contributed by atoms with Crippen molar-refractivity contribution in [3.63, 3.8) is 0 Å². The molecule has 0 saturated heterocycles. The number of para-hydroxylation sites is 1. The monoisotopic (exact) mass is 291 g/mol. The minimum Gasteiger partial charge on any atom is -0.267 e. The van der Waals surface area contributed by atoms with Gasteiger partial charge in [0, 0.05) is 0 Å². The third kappa shape index (κ3) is 1.99. The maximum atomic E-state index is 12.4. The molecule has 1 heterocycles. The van der Waals surface area contributed by atoms with E-state index in [0.717, 1.165) is 0 Å². The molecule has 0 atom stereocenters. The van der Waals surface area contributed by atoms with Gasteiger partial charge in [0.1, 0.15) is 5.52 Å². The van der Waals surface area contributed by atoms with Crippen molar-refractivity contribution in [2.45, 2.75) is 0 Å². The Labute approximate surface area is 118 Å². The largest absolute Gasteiger partial charge is 0.281 e. The molecule has 3 aromatic rings. The molecule has 0 spiro atoms. The van der Waals surface area contributed by atoms with Gasteiger partial charge in [-0.15, -0.1) is 5.10 Å². The molecule has 1 aromatic heterocycles. The second-order valence-corrected chi connectivity index (χ2v) is 4.68. The van der Waals surface area contributed by atoms with Gasteiger partial charge in [-0.25, -0.2) is 0 Å². The van der Waals surface area contributed by atoms with Crippen LogP contribution in [0.25, 0.3) is 11.0 Å². The molecule has 0 fully saturated rings. The van der Waals surface area contributed by atoms with Crippen LogP contribution in [0.5, 0.6) is 0 Å². The summed E-state index contributed by atoms with van der Waals surface area (Å²) in [6.45, 7) is 0. The van der Waals surface area contributed by atoms with E-state index in [1.165, 1.54) is 4.68 Å². The van der Waals surface area contributed by atoms with Crippen LogP contribution in [-0.2, 0) is 0 Å². The van der Waals surface area contributed by atoms with E-state index in [1.807, 2.05) is 12.1 Å². The molecule has 6 heteroatoms. The summed E-state index contributed by atoms with van der Waals surface area (Å²) in [5.41, 5.74) is 1.57. The molecule has 0 aliphatic carbocycles. The number of aromatic nitrogens is 3. The fourth-order valence-corrected chi connectivity index (χ4v) is 2.18. The van der Waals surface area contributed by atoms with Crippen molar-refractivity contribution in [2.75, 3.05) is 0 Å².